The van der Waals surface area contributed by atoms with E-state index in [1.54, 1.807) is 12.5 Å². The molecule has 2 N–H and O–H groups in total. The third-order valence-corrected chi connectivity index (χ3v) is 5.22. The number of hydrogen-bond donors (Lipinski definition) is 2. The predicted octanol–water partition coefficient (Wildman–Crippen LogP) is 0.572. The summed E-state index contributed by atoms with van der Waals surface area (Å²) < 4.78 is 36.5. The van der Waals surface area contributed by atoms with Crippen LogP contribution in [0.25, 0.3) is 0 Å². The molecule has 0 aliphatic heterocycles. The van der Waals surface area contributed by atoms with E-state index in [1.165, 1.54) is 6.07 Å². The molecule has 19 heavy (non-hydrogen) atoms. The quantitative estimate of drug-likeness (QED) is 0.617. The molecule has 0 unspecified atom stereocenters. The van der Waals surface area contributed by atoms with Crippen molar-refractivity contribution < 1.29 is 23.0 Å². The molecule has 1 rings (SSSR count). The van der Waals surface area contributed by atoms with Gasteiger partial charge in [-0.25, -0.2) is 13.1 Å². The molecule has 0 aromatic carbocycles. The largest absolute Gasteiger partial charge is 0.392 e. The average molecular weight is 309 g/mol. The van der Waals surface area contributed by atoms with E-state index in [0.29, 0.717) is 38.3 Å². The number of methoxy groups -OCH3 is 1. The molecule has 0 aliphatic carbocycles. The van der Waals surface area contributed by atoms with Crippen LogP contribution in [0.15, 0.2) is 15.7 Å². The standard InChI is InChI=1S/C11H19NO5S2/c1-16-5-6-17-4-2-3-12-19(14,15)11-7-10(8-13)9-18-11/h7,9,12-13H,2-6,8H2,1H3. The zero-order valence-electron chi connectivity index (χ0n) is 10.8. The SMILES string of the molecule is COCCOCCCNS(=O)(=O)c1cc(CO)cs1. The molecule has 1 heterocycles. The van der Waals surface area contributed by atoms with Crippen molar-refractivity contribution in [3.8, 4) is 0 Å². The van der Waals surface area contributed by atoms with Gasteiger partial charge < -0.3 is 14.6 Å². The summed E-state index contributed by atoms with van der Waals surface area (Å²) >= 11 is 1.10. The highest BCUT2D eigenvalue weighted by Gasteiger charge is 2.15. The van der Waals surface area contributed by atoms with Crippen LogP contribution < -0.4 is 4.72 Å². The Bertz CT molecular complexity index is 457. The normalized spacial score (nSPS) is 11.9. The Morgan fingerprint density at radius 2 is 2.16 bits per heavy atom. The Hall–Kier alpha value is -0.510. The third-order valence-electron chi connectivity index (χ3n) is 2.27. The van der Waals surface area contributed by atoms with Gasteiger partial charge in [0.15, 0.2) is 0 Å². The molecule has 0 saturated carbocycles. The first-order valence-corrected chi connectivity index (χ1v) is 8.21. The molecular formula is C11H19NO5S2. The molecule has 0 fully saturated rings. The highest BCUT2D eigenvalue weighted by molar-refractivity contribution is 7.91. The molecule has 0 spiro atoms. The fourth-order valence-corrected chi connectivity index (χ4v) is 3.59. The van der Waals surface area contributed by atoms with E-state index < -0.39 is 10.0 Å². The Labute approximate surface area is 117 Å². The number of aliphatic hydroxyl groups is 1. The Morgan fingerprint density at radius 3 is 2.79 bits per heavy atom. The smallest absolute Gasteiger partial charge is 0.250 e. The van der Waals surface area contributed by atoms with E-state index in [4.69, 9.17) is 14.6 Å². The molecule has 0 saturated heterocycles. The monoisotopic (exact) mass is 309 g/mol. The van der Waals surface area contributed by atoms with Crippen LogP contribution in [0.5, 0.6) is 0 Å². The van der Waals surface area contributed by atoms with Gasteiger partial charge in [-0.2, -0.15) is 0 Å². The Balaban J connectivity index is 2.27. The van der Waals surface area contributed by atoms with Crippen molar-refractivity contribution in [2.75, 3.05) is 33.5 Å². The summed E-state index contributed by atoms with van der Waals surface area (Å²) in [5.41, 5.74) is 0.605. The summed E-state index contributed by atoms with van der Waals surface area (Å²) in [6, 6.07) is 1.47. The second-order valence-electron chi connectivity index (χ2n) is 3.79. The topological polar surface area (TPSA) is 84.9 Å². The van der Waals surface area contributed by atoms with Gasteiger partial charge in [0.05, 0.1) is 19.8 Å². The first kappa shape index (κ1) is 16.5. The first-order valence-electron chi connectivity index (χ1n) is 5.85. The number of rotatable bonds is 10. The zero-order chi connectivity index (χ0) is 14.1. The lowest BCUT2D eigenvalue weighted by Gasteiger charge is -2.05. The molecule has 0 radical (unpaired) electrons. The fourth-order valence-electron chi connectivity index (χ4n) is 1.27. The van der Waals surface area contributed by atoms with Gasteiger partial charge >= 0.3 is 0 Å². The molecule has 0 atom stereocenters. The van der Waals surface area contributed by atoms with Gasteiger partial charge in [-0.05, 0) is 23.4 Å². The van der Waals surface area contributed by atoms with E-state index in [0.717, 1.165) is 11.3 Å². The molecule has 1 aromatic rings. The molecule has 110 valence electrons. The van der Waals surface area contributed by atoms with Gasteiger partial charge in [0.25, 0.3) is 0 Å². The predicted molar refractivity (Wildman–Crippen MR) is 72.7 cm³/mol. The maximum absolute atomic E-state index is 11.9. The summed E-state index contributed by atoms with van der Waals surface area (Å²) in [6.07, 6.45) is 0.598. The molecule has 6 nitrogen and oxygen atoms in total. The summed E-state index contributed by atoms with van der Waals surface area (Å²) in [4.78, 5) is 0. The number of aliphatic hydroxyl groups excluding tert-OH is 1. The van der Waals surface area contributed by atoms with Crippen molar-refractivity contribution in [2.45, 2.75) is 17.2 Å². The number of sulfonamides is 1. The van der Waals surface area contributed by atoms with Crippen molar-refractivity contribution in [1.29, 1.82) is 0 Å². The molecule has 0 bridgehead atoms. The van der Waals surface area contributed by atoms with Crippen LogP contribution in [0.4, 0.5) is 0 Å². The maximum Gasteiger partial charge on any atom is 0.250 e. The van der Waals surface area contributed by atoms with Gasteiger partial charge in [-0.1, -0.05) is 0 Å². The van der Waals surface area contributed by atoms with Crippen LogP contribution >= 0.6 is 11.3 Å². The number of hydrogen-bond acceptors (Lipinski definition) is 6. The van der Waals surface area contributed by atoms with Crippen molar-refractivity contribution in [2.24, 2.45) is 0 Å². The minimum absolute atomic E-state index is 0.153. The van der Waals surface area contributed by atoms with E-state index in [2.05, 4.69) is 4.72 Å². The second kappa shape index (κ2) is 8.62. The molecule has 8 heteroatoms. The van der Waals surface area contributed by atoms with Crippen molar-refractivity contribution >= 4 is 21.4 Å². The van der Waals surface area contributed by atoms with Crippen LogP contribution in [0.3, 0.4) is 0 Å². The highest BCUT2D eigenvalue weighted by atomic mass is 32.2. The lowest BCUT2D eigenvalue weighted by Crippen LogP contribution is -2.25. The Kier molecular flexibility index (Phi) is 7.51. The van der Waals surface area contributed by atoms with Gasteiger partial charge in [-0.15, -0.1) is 11.3 Å². The Morgan fingerprint density at radius 1 is 1.37 bits per heavy atom. The lowest BCUT2D eigenvalue weighted by atomic mass is 10.4. The summed E-state index contributed by atoms with van der Waals surface area (Å²) in [6.45, 7) is 1.69. The van der Waals surface area contributed by atoms with Crippen LogP contribution in [0.2, 0.25) is 0 Å². The minimum Gasteiger partial charge on any atom is -0.392 e. The van der Waals surface area contributed by atoms with Gasteiger partial charge in [0.2, 0.25) is 10.0 Å². The van der Waals surface area contributed by atoms with Gasteiger partial charge in [0.1, 0.15) is 4.21 Å². The van der Waals surface area contributed by atoms with Crippen molar-refractivity contribution in [3.63, 3.8) is 0 Å². The van der Waals surface area contributed by atoms with Crippen LogP contribution in [0.1, 0.15) is 12.0 Å². The molecule has 0 aliphatic rings. The van der Waals surface area contributed by atoms with E-state index in [1.807, 2.05) is 0 Å². The van der Waals surface area contributed by atoms with Crippen LogP contribution in [-0.4, -0.2) is 47.0 Å². The molecule has 0 amide bonds. The summed E-state index contributed by atoms with van der Waals surface area (Å²) in [5.74, 6) is 0. The number of nitrogens with one attached hydrogen (secondary N) is 1. The average Bonchev–Trinajstić information content (AvgIpc) is 2.87. The lowest BCUT2D eigenvalue weighted by molar-refractivity contribution is 0.0699. The zero-order valence-corrected chi connectivity index (χ0v) is 12.4. The van der Waals surface area contributed by atoms with E-state index >= 15 is 0 Å². The third kappa shape index (κ3) is 5.98. The summed E-state index contributed by atoms with van der Waals surface area (Å²) in [5, 5.41) is 10.5. The van der Waals surface area contributed by atoms with Crippen LogP contribution in [0, 0.1) is 0 Å². The van der Waals surface area contributed by atoms with Gasteiger partial charge in [0, 0.05) is 20.3 Å². The molecule has 1 aromatic heterocycles. The van der Waals surface area contributed by atoms with Gasteiger partial charge in [-0.3, -0.25) is 0 Å². The van der Waals surface area contributed by atoms with E-state index in [-0.39, 0.29) is 10.8 Å². The van der Waals surface area contributed by atoms with Crippen molar-refractivity contribution in [3.05, 3.63) is 17.0 Å². The maximum atomic E-state index is 11.9. The minimum atomic E-state index is -3.47. The first-order chi connectivity index (χ1) is 9.10. The fraction of sp³-hybridized carbons (Fsp3) is 0.636. The highest BCUT2D eigenvalue weighted by Crippen LogP contribution is 2.19. The number of ether oxygens (including phenoxy) is 2. The molecular weight excluding hydrogens is 290 g/mol. The van der Waals surface area contributed by atoms with Crippen LogP contribution in [-0.2, 0) is 26.1 Å². The summed E-state index contributed by atoms with van der Waals surface area (Å²) in [7, 11) is -1.87. The van der Waals surface area contributed by atoms with Crippen molar-refractivity contribution in [1.82, 2.24) is 4.72 Å². The number of thiophene rings is 1. The second-order valence-corrected chi connectivity index (χ2v) is 6.69. The van der Waals surface area contributed by atoms with E-state index in [9.17, 15) is 8.42 Å².